The second-order valence-corrected chi connectivity index (χ2v) is 6.59. The van der Waals surface area contributed by atoms with Gasteiger partial charge >= 0.3 is 0 Å². The van der Waals surface area contributed by atoms with Gasteiger partial charge in [-0.1, -0.05) is 18.3 Å². The summed E-state index contributed by atoms with van der Waals surface area (Å²) in [6.45, 7) is 2.53. The van der Waals surface area contributed by atoms with E-state index in [0.717, 1.165) is 23.7 Å². The number of carbonyl (C=O) groups excluding carboxylic acids is 1. The van der Waals surface area contributed by atoms with Gasteiger partial charge in [-0.05, 0) is 18.6 Å². The third kappa shape index (κ3) is 3.54. The highest BCUT2D eigenvalue weighted by molar-refractivity contribution is 7.16. The Hall–Kier alpha value is -2.46. The normalized spacial score (nSPS) is 14.3. The lowest BCUT2D eigenvalue weighted by atomic mass is 10.0. The van der Waals surface area contributed by atoms with Crippen molar-refractivity contribution < 1.29 is 4.79 Å². The maximum absolute atomic E-state index is 12.5. The van der Waals surface area contributed by atoms with Crippen LogP contribution in [0.25, 0.3) is 5.13 Å². The van der Waals surface area contributed by atoms with Crippen LogP contribution in [0.15, 0.2) is 34.8 Å². The number of nitrogens with zero attached hydrogens (tertiary/aromatic N) is 4. The van der Waals surface area contributed by atoms with Crippen LogP contribution in [0, 0.1) is 12.3 Å². The average Bonchev–Trinajstić information content (AvgIpc) is 3.03. The van der Waals surface area contributed by atoms with Gasteiger partial charge in [-0.3, -0.25) is 4.79 Å². The Kier molecular flexibility index (Phi) is 4.76. The highest BCUT2D eigenvalue weighted by atomic mass is 32.1. The molecule has 3 heterocycles. The number of aryl methyl sites for hydroxylation is 1. The predicted octanol–water partition coefficient (Wildman–Crippen LogP) is 3.19. The molecule has 3 rings (SSSR count). The minimum absolute atomic E-state index is 0.0875. The summed E-state index contributed by atoms with van der Waals surface area (Å²) in [5, 5.41) is 11.9. The smallest absolute Gasteiger partial charge is 0.263 e. The summed E-state index contributed by atoms with van der Waals surface area (Å²) in [6, 6.07) is 3.87. The number of hydrogen-bond donors (Lipinski definition) is 1. The van der Waals surface area contributed by atoms with Gasteiger partial charge in [-0.15, -0.1) is 12.3 Å². The maximum Gasteiger partial charge on any atom is 0.263 e. The van der Waals surface area contributed by atoms with E-state index in [0.29, 0.717) is 24.3 Å². The molecule has 6 nitrogen and oxygen atoms in total. The molecule has 24 heavy (non-hydrogen) atoms. The number of aromatic nitrogens is 2. The summed E-state index contributed by atoms with van der Waals surface area (Å²) >= 11 is 1.40. The molecule has 1 N–H and O–H groups in total. The molecule has 0 atom stereocenters. The number of terminal acetylenes is 1. The molecule has 1 aliphatic rings. The molecule has 0 saturated heterocycles. The molecular formula is C17H19N5OS. The van der Waals surface area contributed by atoms with Crippen LogP contribution in [0.1, 0.15) is 41.6 Å². The van der Waals surface area contributed by atoms with E-state index in [2.05, 4.69) is 26.4 Å². The fraction of sp³-hybridized carbons (Fsp3) is 0.412. The van der Waals surface area contributed by atoms with Crippen LogP contribution in [0.4, 0.5) is 0 Å². The first kappa shape index (κ1) is 16.4. The fourth-order valence-corrected chi connectivity index (χ4v) is 3.49. The highest BCUT2D eigenvalue weighted by Crippen LogP contribution is 2.36. The third-order valence-electron chi connectivity index (χ3n) is 3.92. The van der Waals surface area contributed by atoms with E-state index in [1.807, 2.05) is 36.0 Å². The summed E-state index contributed by atoms with van der Waals surface area (Å²) in [4.78, 5) is 17.7. The molecule has 2 aromatic rings. The molecule has 0 aliphatic carbocycles. The number of amides is 1. The van der Waals surface area contributed by atoms with Gasteiger partial charge in [0.05, 0.1) is 5.69 Å². The van der Waals surface area contributed by atoms with E-state index in [4.69, 9.17) is 6.42 Å². The average molecular weight is 341 g/mol. The number of thiazole rings is 1. The molecule has 0 saturated carbocycles. The number of carbonyl (C=O) groups is 1. The van der Waals surface area contributed by atoms with Crippen molar-refractivity contribution in [3.05, 3.63) is 35.1 Å². The van der Waals surface area contributed by atoms with E-state index >= 15 is 0 Å². The summed E-state index contributed by atoms with van der Waals surface area (Å²) in [5.74, 6) is 2.52. The standard InChI is InChI=1S/C17H19N5OS/c1-3-5-8-17(20-21-17)9-10-18-15(23)14-13(4-2)19-16(24-14)22-11-6-7-12-22/h1,6-7,11-12H,4-5,8-10H2,2H3,(H,18,23). The van der Waals surface area contributed by atoms with E-state index < -0.39 is 0 Å². The van der Waals surface area contributed by atoms with Gasteiger partial charge < -0.3 is 9.88 Å². The molecular weight excluding hydrogens is 322 g/mol. The van der Waals surface area contributed by atoms with Crippen molar-refractivity contribution in [2.75, 3.05) is 6.54 Å². The highest BCUT2D eigenvalue weighted by Gasteiger charge is 2.38. The van der Waals surface area contributed by atoms with Crippen molar-refractivity contribution in [2.24, 2.45) is 10.2 Å². The van der Waals surface area contributed by atoms with E-state index in [-0.39, 0.29) is 11.6 Å². The molecule has 0 spiro atoms. The first-order chi connectivity index (χ1) is 11.7. The minimum Gasteiger partial charge on any atom is -0.351 e. The summed E-state index contributed by atoms with van der Waals surface area (Å²) in [6.07, 6.45) is 11.9. The van der Waals surface area contributed by atoms with Gasteiger partial charge in [-0.25, -0.2) is 4.98 Å². The Morgan fingerprint density at radius 2 is 2.12 bits per heavy atom. The van der Waals surface area contributed by atoms with Crippen molar-refractivity contribution in [1.29, 1.82) is 0 Å². The molecule has 0 bridgehead atoms. The zero-order valence-corrected chi connectivity index (χ0v) is 14.3. The molecule has 0 fully saturated rings. The van der Waals surface area contributed by atoms with Crippen molar-refractivity contribution in [1.82, 2.24) is 14.9 Å². The van der Waals surface area contributed by atoms with E-state index in [1.54, 1.807) is 0 Å². The zero-order valence-electron chi connectivity index (χ0n) is 13.5. The van der Waals surface area contributed by atoms with Gasteiger partial charge in [0.15, 0.2) is 10.8 Å². The van der Waals surface area contributed by atoms with Crippen molar-refractivity contribution in [2.45, 2.75) is 38.3 Å². The van der Waals surface area contributed by atoms with Gasteiger partial charge in [-0.2, -0.15) is 10.2 Å². The minimum atomic E-state index is -0.364. The van der Waals surface area contributed by atoms with E-state index in [1.165, 1.54) is 11.3 Å². The molecule has 0 radical (unpaired) electrons. The van der Waals surface area contributed by atoms with Crippen molar-refractivity contribution in [3.8, 4) is 17.5 Å². The quantitative estimate of drug-likeness (QED) is 0.749. The van der Waals surface area contributed by atoms with Crippen molar-refractivity contribution in [3.63, 3.8) is 0 Å². The van der Waals surface area contributed by atoms with Crippen LogP contribution in [-0.2, 0) is 6.42 Å². The zero-order chi connectivity index (χ0) is 17.0. The topological polar surface area (TPSA) is 71.6 Å². The van der Waals surface area contributed by atoms with Gasteiger partial charge in [0.25, 0.3) is 5.91 Å². The summed E-state index contributed by atoms with van der Waals surface area (Å²) in [5.41, 5.74) is 0.459. The molecule has 7 heteroatoms. The predicted molar refractivity (Wildman–Crippen MR) is 93.4 cm³/mol. The lowest BCUT2D eigenvalue weighted by molar-refractivity contribution is 0.0955. The first-order valence-corrected chi connectivity index (χ1v) is 8.78. The lowest BCUT2D eigenvalue weighted by Crippen LogP contribution is -2.28. The molecule has 1 amide bonds. The number of rotatable bonds is 8. The van der Waals surface area contributed by atoms with Gasteiger partial charge in [0, 0.05) is 38.2 Å². The second kappa shape index (κ2) is 6.97. The molecule has 124 valence electrons. The largest absolute Gasteiger partial charge is 0.351 e. The van der Waals surface area contributed by atoms with Crippen LogP contribution in [0.3, 0.4) is 0 Å². The van der Waals surface area contributed by atoms with Gasteiger partial charge in [0.1, 0.15) is 4.88 Å². The Morgan fingerprint density at radius 3 is 2.75 bits per heavy atom. The molecule has 2 aromatic heterocycles. The summed E-state index contributed by atoms with van der Waals surface area (Å²) in [7, 11) is 0. The van der Waals surface area contributed by atoms with Crippen LogP contribution >= 0.6 is 11.3 Å². The van der Waals surface area contributed by atoms with Crippen LogP contribution in [0.2, 0.25) is 0 Å². The lowest BCUT2D eigenvalue weighted by Gasteiger charge is -2.09. The molecule has 0 aromatic carbocycles. The number of nitrogens with one attached hydrogen (secondary N) is 1. The Morgan fingerprint density at radius 1 is 1.38 bits per heavy atom. The molecule has 1 aliphatic heterocycles. The first-order valence-electron chi connectivity index (χ1n) is 7.96. The summed E-state index contributed by atoms with van der Waals surface area (Å²) < 4.78 is 1.91. The number of hydrogen-bond acceptors (Lipinski definition) is 5. The third-order valence-corrected chi connectivity index (χ3v) is 5.03. The SMILES string of the molecule is C#CCCC1(CCNC(=O)c2sc(-n3cccc3)nc2CC)N=N1. The second-order valence-electron chi connectivity index (χ2n) is 5.61. The molecule has 0 unspecified atom stereocenters. The fourth-order valence-electron chi connectivity index (χ4n) is 2.45. The Bertz CT molecular complexity index is 779. The van der Waals surface area contributed by atoms with Crippen molar-refractivity contribution >= 4 is 17.2 Å². The van der Waals surface area contributed by atoms with Gasteiger partial charge in [0.2, 0.25) is 0 Å². The van der Waals surface area contributed by atoms with Crippen LogP contribution in [0.5, 0.6) is 0 Å². The van der Waals surface area contributed by atoms with Crippen LogP contribution in [-0.4, -0.2) is 27.7 Å². The Balaban J connectivity index is 1.60. The van der Waals surface area contributed by atoms with Crippen LogP contribution < -0.4 is 5.32 Å². The monoisotopic (exact) mass is 341 g/mol. The Labute approximate surface area is 145 Å². The van der Waals surface area contributed by atoms with E-state index in [9.17, 15) is 4.79 Å². The maximum atomic E-state index is 12.5.